The van der Waals surface area contributed by atoms with E-state index in [9.17, 15) is 18.4 Å². The van der Waals surface area contributed by atoms with Crippen LogP contribution in [0.4, 0.5) is 14.5 Å². The van der Waals surface area contributed by atoms with Crippen molar-refractivity contribution >= 4 is 29.1 Å². The molecule has 1 aromatic carbocycles. The molecule has 2 amide bonds. The van der Waals surface area contributed by atoms with Gasteiger partial charge in [0.05, 0.1) is 0 Å². The van der Waals surface area contributed by atoms with Crippen molar-refractivity contribution in [3.63, 3.8) is 0 Å². The summed E-state index contributed by atoms with van der Waals surface area (Å²) in [6, 6.07) is 5.82. The summed E-state index contributed by atoms with van der Waals surface area (Å²) in [4.78, 5) is 25.1. The van der Waals surface area contributed by atoms with Crippen molar-refractivity contribution < 1.29 is 23.1 Å². The number of hydrogen-bond donors (Lipinski definition) is 1. The van der Waals surface area contributed by atoms with Crippen molar-refractivity contribution in [3.8, 4) is 0 Å². The molecule has 1 N–H and O–H groups in total. The average molecular weight is 347 g/mol. The van der Waals surface area contributed by atoms with E-state index in [0.29, 0.717) is 18.8 Å². The summed E-state index contributed by atoms with van der Waals surface area (Å²) in [6.07, 6.45) is 1.56. The van der Waals surface area contributed by atoms with Crippen molar-refractivity contribution in [1.82, 2.24) is 4.90 Å². The number of alkyl halides is 3. The minimum absolute atomic E-state index is 0.116. The fraction of sp³-hybridized carbons (Fsp3) is 0.467. The van der Waals surface area contributed by atoms with Crippen LogP contribution >= 0.6 is 11.6 Å². The van der Waals surface area contributed by atoms with Crippen LogP contribution in [0.15, 0.2) is 24.3 Å². The maximum atomic E-state index is 12.6. The van der Waals surface area contributed by atoms with Gasteiger partial charge in [-0.25, -0.2) is 0 Å². The van der Waals surface area contributed by atoms with Crippen molar-refractivity contribution in [2.45, 2.75) is 24.3 Å². The van der Waals surface area contributed by atoms with Crippen molar-refractivity contribution in [3.05, 3.63) is 29.8 Å². The van der Waals surface area contributed by atoms with Crippen LogP contribution in [0, 0.1) is 0 Å². The maximum Gasteiger partial charge on any atom is 0.400 e. The Morgan fingerprint density at radius 3 is 2.35 bits per heavy atom. The Bertz CT molecular complexity index is 569. The van der Waals surface area contributed by atoms with E-state index in [0.717, 1.165) is 12.8 Å². The molecule has 126 valence electrons. The number of benzene rings is 1. The fourth-order valence-corrected chi connectivity index (χ4v) is 2.39. The highest BCUT2D eigenvalue weighted by Crippen LogP contribution is 2.22. The normalized spacial score (nSPS) is 16.0. The van der Waals surface area contributed by atoms with E-state index in [1.807, 2.05) is 5.32 Å². The van der Waals surface area contributed by atoms with Crippen molar-refractivity contribution in [1.29, 1.82) is 0 Å². The van der Waals surface area contributed by atoms with Gasteiger partial charge >= 0.3 is 11.3 Å². The third-order valence-corrected chi connectivity index (χ3v) is 3.88. The minimum atomic E-state index is -3.97. The van der Waals surface area contributed by atoms with Gasteiger partial charge in [0.2, 0.25) is 0 Å². The third-order valence-electron chi connectivity index (χ3n) is 3.71. The average Bonchev–Trinajstić information content (AvgIpc) is 2.54. The number of nitrogens with zero attached hydrogens (tertiary/aromatic N) is 1. The van der Waals surface area contributed by atoms with Crippen LogP contribution in [-0.4, -0.2) is 48.4 Å². The number of nitrogens with one attached hydrogen (secondary N) is 1. The minimum Gasteiger partial charge on any atom is -0.381 e. The summed E-state index contributed by atoms with van der Waals surface area (Å²) >= 11 is 4.63. The van der Waals surface area contributed by atoms with Gasteiger partial charge in [0, 0.05) is 37.6 Å². The second-order valence-electron chi connectivity index (χ2n) is 5.29. The Hall–Kier alpha value is -1.73. The number of halogens is 3. The molecule has 0 radical (unpaired) electrons. The first-order valence-electron chi connectivity index (χ1n) is 7.12. The summed E-state index contributed by atoms with van der Waals surface area (Å²) in [6.45, 7) is 1.25. The number of carbonyl (C=O) groups excluding carboxylic acids is 2. The number of rotatable bonds is 4. The van der Waals surface area contributed by atoms with E-state index in [1.165, 1.54) is 24.3 Å². The molecule has 1 aromatic rings. The van der Waals surface area contributed by atoms with Gasteiger partial charge in [0.15, 0.2) is 0 Å². The highest BCUT2D eigenvalue weighted by molar-refractivity contribution is 6.33. The molecular formula is C15H17ClF2N2O3. The molecule has 0 unspecified atom stereocenters. The van der Waals surface area contributed by atoms with Gasteiger partial charge in [-0.2, -0.15) is 8.78 Å². The van der Waals surface area contributed by atoms with Gasteiger partial charge in [-0.3, -0.25) is 9.59 Å². The summed E-state index contributed by atoms with van der Waals surface area (Å²) in [5.74, 6) is -1.78. The van der Waals surface area contributed by atoms with Gasteiger partial charge in [-0.05, 0) is 48.7 Å². The van der Waals surface area contributed by atoms with Crippen LogP contribution in [0.3, 0.4) is 0 Å². The van der Waals surface area contributed by atoms with Crippen molar-refractivity contribution in [2.75, 3.05) is 25.6 Å². The van der Waals surface area contributed by atoms with E-state index < -0.39 is 11.3 Å². The Balaban J connectivity index is 2.01. The van der Waals surface area contributed by atoms with Gasteiger partial charge in [-0.1, -0.05) is 0 Å². The first-order valence-corrected chi connectivity index (χ1v) is 7.50. The quantitative estimate of drug-likeness (QED) is 0.853. The van der Waals surface area contributed by atoms with Gasteiger partial charge in [0.25, 0.3) is 5.91 Å². The lowest BCUT2D eigenvalue weighted by Gasteiger charge is -2.31. The lowest BCUT2D eigenvalue weighted by atomic mass is 10.1. The zero-order valence-electron chi connectivity index (χ0n) is 12.5. The first kappa shape index (κ1) is 17.6. The molecule has 0 saturated carbocycles. The van der Waals surface area contributed by atoms with E-state index in [1.54, 1.807) is 11.9 Å². The van der Waals surface area contributed by atoms with Gasteiger partial charge in [-0.15, -0.1) is 0 Å². The number of hydrogen-bond acceptors (Lipinski definition) is 3. The number of carbonyl (C=O) groups is 2. The lowest BCUT2D eigenvalue weighted by molar-refractivity contribution is -0.130. The molecule has 2 rings (SSSR count). The molecule has 0 spiro atoms. The summed E-state index contributed by atoms with van der Waals surface area (Å²) in [5.41, 5.74) is 0.551. The SMILES string of the molecule is CN(C(=O)c1ccc(NC(=O)C(F)(F)Cl)cc1)C1CCOCC1. The summed E-state index contributed by atoms with van der Waals surface area (Å²) in [7, 11) is 1.72. The highest BCUT2D eigenvalue weighted by atomic mass is 35.5. The van der Waals surface area contributed by atoms with E-state index >= 15 is 0 Å². The van der Waals surface area contributed by atoms with Gasteiger partial charge < -0.3 is 15.0 Å². The molecule has 0 aliphatic carbocycles. The van der Waals surface area contributed by atoms with Crippen LogP contribution < -0.4 is 5.32 Å². The Kier molecular flexibility index (Phi) is 5.54. The zero-order valence-corrected chi connectivity index (χ0v) is 13.3. The van der Waals surface area contributed by atoms with E-state index in [-0.39, 0.29) is 17.6 Å². The molecule has 0 aromatic heterocycles. The third kappa shape index (κ3) is 4.62. The summed E-state index contributed by atoms with van der Waals surface area (Å²) in [5, 5.41) is -2.00. The van der Waals surface area contributed by atoms with Crippen LogP contribution in [0.1, 0.15) is 23.2 Å². The summed E-state index contributed by atoms with van der Waals surface area (Å²) < 4.78 is 30.5. The molecule has 0 bridgehead atoms. The van der Waals surface area contributed by atoms with E-state index in [2.05, 4.69) is 11.6 Å². The number of ether oxygens (including phenoxy) is 1. The van der Waals surface area contributed by atoms with Crippen LogP contribution in [-0.2, 0) is 9.53 Å². The smallest absolute Gasteiger partial charge is 0.381 e. The number of amides is 2. The Morgan fingerprint density at radius 2 is 1.83 bits per heavy atom. The fourth-order valence-electron chi connectivity index (χ4n) is 2.34. The Labute approximate surface area is 137 Å². The standard InChI is InChI=1S/C15H17ClF2N2O3/c1-20(12-6-8-23-9-7-12)13(21)10-2-4-11(5-3-10)19-14(22)15(16,17)18/h2-5,12H,6-9H2,1H3,(H,19,22). The molecule has 5 nitrogen and oxygen atoms in total. The first-order chi connectivity index (χ1) is 10.8. The second-order valence-corrected chi connectivity index (χ2v) is 5.76. The highest BCUT2D eigenvalue weighted by Gasteiger charge is 2.35. The number of anilines is 1. The van der Waals surface area contributed by atoms with Gasteiger partial charge in [0.1, 0.15) is 0 Å². The maximum absolute atomic E-state index is 12.6. The second kappa shape index (κ2) is 7.23. The molecule has 8 heteroatoms. The monoisotopic (exact) mass is 346 g/mol. The molecule has 1 aliphatic rings. The van der Waals surface area contributed by atoms with Crippen LogP contribution in [0.25, 0.3) is 0 Å². The predicted molar refractivity (Wildman–Crippen MR) is 81.8 cm³/mol. The van der Waals surface area contributed by atoms with E-state index in [4.69, 9.17) is 4.74 Å². The van der Waals surface area contributed by atoms with Crippen LogP contribution in [0.2, 0.25) is 0 Å². The van der Waals surface area contributed by atoms with Crippen molar-refractivity contribution in [2.24, 2.45) is 0 Å². The molecule has 1 saturated heterocycles. The Morgan fingerprint density at radius 1 is 1.26 bits per heavy atom. The molecule has 0 atom stereocenters. The zero-order chi connectivity index (χ0) is 17.0. The molecular weight excluding hydrogens is 330 g/mol. The molecule has 1 fully saturated rings. The van der Waals surface area contributed by atoms with Crippen LogP contribution in [0.5, 0.6) is 0 Å². The predicted octanol–water partition coefficient (Wildman–Crippen LogP) is 2.71. The molecule has 23 heavy (non-hydrogen) atoms. The largest absolute Gasteiger partial charge is 0.400 e. The molecule has 1 aliphatic heterocycles. The topological polar surface area (TPSA) is 58.6 Å². The molecule has 1 heterocycles. The lowest BCUT2D eigenvalue weighted by Crippen LogP contribution is -2.40.